The lowest BCUT2D eigenvalue weighted by Gasteiger charge is -2.21. The smallest absolute Gasteiger partial charge is 0.242 e. The van der Waals surface area contributed by atoms with Crippen molar-refractivity contribution in [3.05, 3.63) is 47.2 Å². The number of aromatic nitrogens is 5. The van der Waals surface area contributed by atoms with Crippen LogP contribution in [-0.4, -0.2) is 31.8 Å². The molecule has 0 fully saturated rings. The van der Waals surface area contributed by atoms with Crippen LogP contribution >= 0.6 is 11.6 Å². The molecule has 0 spiro atoms. The van der Waals surface area contributed by atoms with Gasteiger partial charge < -0.3 is 9.72 Å². The van der Waals surface area contributed by atoms with E-state index in [2.05, 4.69) is 35.8 Å². The van der Waals surface area contributed by atoms with Gasteiger partial charge in [-0.2, -0.15) is 5.10 Å². The zero-order chi connectivity index (χ0) is 20.1. The van der Waals surface area contributed by atoms with Crippen molar-refractivity contribution >= 4 is 22.6 Å². The molecule has 0 aliphatic carbocycles. The molecule has 4 rings (SSSR count). The first-order chi connectivity index (χ1) is 13.3. The number of methoxy groups -OCH3 is 1. The standard InChI is InChI=1S/C21H22ClN5O/c1-12-14(11-23-27(12)21(2,3)4)19-24-17-10-16(13-8-6-7-9-15(13)22)25-20(28-5)18(17)26-19/h6-11H,1-5H3,(H,24,26). The van der Waals surface area contributed by atoms with Crippen molar-refractivity contribution in [3.63, 3.8) is 0 Å². The Morgan fingerprint density at radius 2 is 1.86 bits per heavy atom. The minimum Gasteiger partial charge on any atom is -0.479 e. The van der Waals surface area contributed by atoms with E-state index in [-0.39, 0.29) is 5.54 Å². The van der Waals surface area contributed by atoms with Crippen molar-refractivity contribution < 1.29 is 4.74 Å². The maximum absolute atomic E-state index is 6.36. The van der Waals surface area contributed by atoms with Gasteiger partial charge in [0.25, 0.3) is 0 Å². The lowest BCUT2D eigenvalue weighted by Crippen LogP contribution is -2.24. The average molecular weight is 396 g/mol. The Morgan fingerprint density at radius 3 is 2.50 bits per heavy atom. The van der Waals surface area contributed by atoms with E-state index in [1.807, 2.05) is 48.1 Å². The molecular weight excluding hydrogens is 374 g/mol. The molecule has 0 unspecified atom stereocenters. The van der Waals surface area contributed by atoms with E-state index in [9.17, 15) is 0 Å². The molecule has 1 N–H and O–H groups in total. The van der Waals surface area contributed by atoms with Crippen LogP contribution in [0.3, 0.4) is 0 Å². The van der Waals surface area contributed by atoms with Gasteiger partial charge in [0.1, 0.15) is 5.82 Å². The van der Waals surface area contributed by atoms with Crippen LogP contribution in [0.5, 0.6) is 5.88 Å². The lowest BCUT2D eigenvalue weighted by molar-refractivity contribution is 0.348. The molecule has 144 valence electrons. The van der Waals surface area contributed by atoms with Gasteiger partial charge in [-0.25, -0.2) is 9.97 Å². The van der Waals surface area contributed by atoms with Gasteiger partial charge in [-0.15, -0.1) is 0 Å². The minimum atomic E-state index is -0.106. The number of ether oxygens (including phenoxy) is 1. The summed E-state index contributed by atoms with van der Waals surface area (Å²) in [6.45, 7) is 8.42. The molecule has 0 aliphatic rings. The molecule has 28 heavy (non-hydrogen) atoms. The molecule has 0 amide bonds. The molecule has 0 saturated heterocycles. The summed E-state index contributed by atoms with van der Waals surface area (Å²) in [6.07, 6.45) is 1.84. The number of halogens is 1. The highest BCUT2D eigenvalue weighted by molar-refractivity contribution is 6.33. The normalized spacial score (nSPS) is 11.9. The number of H-pyrrole nitrogens is 1. The number of imidazole rings is 1. The number of benzene rings is 1. The zero-order valence-corrected chi connectivity index (χ0v) is 17.3. The number of pyridine rings is 1. The number of aromatic amines is 1. The van der Waals surface area contributed by atoms with Crippen molar-refractivity contribution in [2.24, 2.45) is 0 Å². The molecule has 3 heterocycles. The maximum atomic E-state index is 6.36. The van der Waals surface area contributed by atoms with E-state index in [1.165, 1.54) is 0 Å². The topological polar surface area (TPSA) is 68.6 Å². The van der Waals surface area contributed by atoms with Gasteiger partial charge in [0.2, 0.25) is 5.88 Å². The third-order valence-electron chi connectivity index (χ3n) is 4.68. The SMILES string of the molecule is COc1nc(-c2ccccc2Cl)cc2[nH]c(-c3cnn(C(C)(C)C)c3C)nc12. The predicted molar refractivity (Wildman–Crippen MR) is 112 cm³/mol. The van der Waals surface area contributed by atoms with Gasteiger partial charge in [0, 0.05) is 16.3 Å². The quantitative estimate of drug-likeness (QED) is 0.516. The molecule has 1 aromatic carbocycles. The number of hydrogen-bond donors (Lipinski definition) is 1. The fraction of sp³-hybridized carbons (Fsp3) is 0.286. The molecule has 4 aromatic rings. The van der Waals surface area contributed by atoms with E-state index >= 15 is 0 Å². The van der Waals surface area contributed by atoms with E-state index in [4.69, 9.17) is 21.3 Å². The van der Waals surface area contributed by atoms with Crippen LogP contribution in [0.25, 0.3) is 33.7 Å². The fourth-order valence-corrected chi connectivity index (χ4v) is 3.61. The Morgan fingerprint density at radius 1 is 1.11 bits per heavy atom. The van der Waals surface area contributed by atoms with Crippen molar-refractivity contribution in [2.45, 2.75) is 33.2 Å². The number of rotatable bonds is 3. The molecule has 0 saturated carbocycles. The Kier molecular flexibility index (Phi) is 4.38. The van der Waals surface area contributed by atoms with Crippen LogP contribution in [0.2, 0.25) is 5.02 Å². The maximum Gasteiger partial charge on any atom is 0.242 e. The van der Waals surface area contributed by atoms with E-state index in [0.29, 0.717) is 16.4 Å². The monoisotopic (exact) mass is 395 g/mol. The highest BCUT2D eigenvalue weighted by Gasteiger charge is 2.21. The molecule has 0 aliphatic heterocycles. The number of hydrogen-bond acceptors (Lipinski definition) is 4. The summed E-state index contributed by atoms with van der Waals surface area (Å²) in [4.78, 5) is 12.7. The van der Waals surface area contributed by atoms with Crippen molar-refractivity contribution in [3.8, 4) is 28.5 Å². The Bertz CT molecular complexity index is 1170. The molecule has 7 heteroatoms. The second-order valence-corrected chi connectivity index (χ2v) is 8.11. The summed E-state index contributed by atoms with van der Waals surface area (Å²) in [5, 5.41) is 5.18. The highest BCUT2D eigenvalue weighted by Crippen LogP contribution is 2.34. The Labute approximate surface area is 168 Å². The largest absolute Gasteiger partial charge is 0.479 e. The first-order valence-electron chi connectivity index (χ1n) is 9.04. The molecule has 0 atom stereocenters. The third-order valence-corrected chi connectivity index (χ3v) is 5.01. The van der Waals surface area contributed by atoms with Crippen molar-refractivity contribution in [2.75, 3.05) is 7.11 Å². The van der Waals surface area contributed by atoms with E-state index in [0.717, 1.165) is 33.9 Å². The first kappa shape index (κ1) is 18.5. The number of fused-ring (bicyclic) bond motifs is 1. The van der Waals surface area contributed by atoms with E-state index in [1.54, 1.807) is 7.11 Å². The first-order valence-corrected chi connectivity index (χ1v) is 9.42. The molecule has 3 aromatic heterocycles. The van der Waals surface area contributed by atoms with Gasteiger partial charge in [-0.05, 0) is 39.8 Å². The fourth-order valence-electron chi connectivity index (χ4n) is 3.38. The van der Waals surface area contributed by atoms with E-state index < -0.39 is 0 Å². The predicted octanol–water partition coefficient (Wildman–Crippen LogP) is 5.21. The summed E-state index contributed by atoms with van der Waals surface area (Å²) in [7, 11) is 1.59. The summed E-state index contributed by atoms with van der Waals surface area (Å²) in [6, 6.07) is 9.55. The zero-order valence-electron chi connectivity index (χ0n) is 16.5. The van der Waals surface area contributed by atoms with Crippen LogP contribution in [0, 0.1) is 6.92 Å². The molecule has 0 bridgehead atoms. The van der Waals surface area contributed by atoms with Crippen LogP contribution in [-0.2, 0) is 5.54 Å². The molecule has 0 radical (unpaired) electrons. The van der Waals surface area contributed by atoms with Gasteiger partial charge >= 0.3 is 0 Å². The lowest BCUT2D eigenvalue weighted by atomic mass is 10.1. The van der Waals surface area contributed by atoms with Crippen LogP contribution in [0.15, 0.2) is 36.5 Å². The molecular formula is C21H22ClN5O. The van der Waals surface area contributed by atoms with Crippen molar-refractivity contribution in [1.82, 2.24) is 24.7 Å². The van der Waals surface area contributed by atoms with Crippen molar-refractivity contribution in [1.29, 1.82) is 0 Å². The summed E-state index contributed by atoms with van der Waals surface area (Å²) < 4.78 is 7.51. The third kappa shape index (κ3) is 3.03. The Balaban J connectivity index is 1.88. The van der Waals surface area contributed by atoms with Gasteiger partial charge in [0.05, 0.1) is 35.6 Å². The molecule has 6 nitrogen and oxygen atoms in total. The van der Waals surface area contributed by atoms with Gasteiger partial charge in [-0.3, -0.25) is 4.68 Å². The summed E-state index contributed by atoms with van der Waals surface area (Å²) in [5.74, 6) is 1.19. The minimum absolute atomic E-state index is 0.106. The van der Waals surface area contributed by atoms with Crippen LogP contribution in [0.4, 0.5) is 0 Å². The Hall–Kier alpha value is -2.86. The highest BCUT2D eigenvalue weighted by atomic mass is 35.5. The second kappa shape index (κ2) is 6.63. The summed E-state index contributed by atoms with van der Waals surface area (Å²) >= 11 is 6.36. The van der Waals surface area contributed by atoms with Crippen LogP contribution in [0.1, 0.15) is 26.5 Å². The summed E-state index contributed by atoms with van der Waals surface area (Å²) in [5.41, 5.74) is 4.97. The number of nitrogens with one attached hydrogen (secondary N) is 1. The number of nitrogens with zero attached hydrogens (tertiary/aromatic N) is 4. The second-order valence-electron chi connectivity index (χ2n) is 7.70. The van der Waals surface area contributed by atoms with Crippen LogP contribution < -0.4 is 4.74 Å². The van der Waals surface area contributed by atoms with Gasteiger partial charge in [-0.1, -0.05) is 29.8 Å². The van der Waals surface area contributed by atoms with Gasteiger partial charge in [0.15, 0.2) is 5.52 Å². The average Bonchev–Trinajstić information content (AvgIpc) is 3.23.